The van der Waals surface area contributed by atoms with Crippen LogP contribution in [0.4, 0.5) is 0 Å². The zero-order chi connectivity index (χ0) is 20.5. The molecule has 0 aliphatic carbocycles. The van der Waals surface area contributed by atoms with E-state index >= 15 is 0 Å². The van der Waals surface area contributed by atoms with Crippen LogP contribution in [0.3, 0.4) is 0 Å². The number of benzene rings is 1. The third-order valence-corrected chi connectivity index (χ3v) is 4.49. The number of nitrogens with zero attached hydrogens (tertiary/aromatic N) is 2. The van der Waals surface area contributed by atoms with Crippen molar-refractivity contribution in [2.75, 3.05) is 19.6 Å². The van der Waals surface area contributed by atoms with E-state index in [1.807, 2.05) is 36.4 Å². The lowest BCUT2D eigenvalue weighted by Crippen LogP contribution is -2.43. The first-order valence-electron chi connectivity index (χ1n) is 9.45. The van der Waals surface area contributed by atoms with Crippen molar-refractivity contribution in [3.8, 4) is 0 Å². The van der Waals surface area contributed by atoms with Crippen LogP contribution in [0.15, 0.2) is 88.6 Å². The second-order valence-electron chi connectivity index (χ2n) is 6.58. The minimum absolute atomic E-state index is 0.0684. The molecule has 0 saturated carbocycles. The van der Waals surface area contributed by atoms with Crippen LogP contribution in [-0.4, -0.2) is 41.2 Å². The van der Waals surface area contributed by atoms with Crippen LogP contribution < -0.4 is 0 Å². The molecule has 0 saturated heterocycles. The van der Waals surface area contributed by atoms with Crippen LogP contribution in [-0.2, 0) is 17.8 Å². The van der Waals surface area contributed by atoms with Crippen LogP contribution in [0.2, 0.25) is 0 Å². The minimum Gasteiger partial charge on any atom is -0.467 e. The molecule has 2 aromatic heterocycles. The van der Waals surface area contributed by atoms with E-state index in [1.165, 1.54) is 11.2 Å². The van der Waals surface area contributed by atoms with Crippen LogP contribution in [0, 0.1) is 0 Å². The quantitative estimate of drug-likeness (QED) is 0.493. The third-order valence-electron chi connectivity index (χ3n) is 4.49. The zero-order valence-electron chi connectivity index (χ0n) is 16.2. The molecule has 0 N–H and O–H groups in total. The highest BCUT2D eigenvalue weighted by molar-refractivity contribution is 5.94. The van der Waals surface area contributed by atoms with Crippen molar-refractivity contribution < 1.29 is 18.4 Å². The molecular formula is C23H24N2O4. The number of hydrogen-bond acceptors (Lipinski definition) is 4. The first-order chi connectivity index (χ1) is 14.2. The maximum atomic E-state index is 13.1. The normalized spacial score (nSPS) is 10.5. The summed E-state index contributed by atoms with van der Waals surface area (Å²) in [5.41, 5.74) is 1.14. The fraction of sp³-hybridized carbons (Fsp3) is 0.217. The monoisotopic (exact) mass is 392 g/mol. The molecule has 3 rings (SSSR count). The Morgan fingerprint density at radius 2 is 1.69 bits per heavy atom. The molecule has 0 aliphatic heterocycles. The number of rotatable bonds is 10. The predicted octanol–water partition coefficient (Wildman–Crippen LogP) is 3.77. The number of amides is 2. The van der Waals surface area contributed by atoms with Gasteiger partial charge in [0.1, 0.15) is 12.3 Å². The average Bonchev–Trinajstić information content (AvgIpc) is 3.45. The highest BCUT2D eigenvalue weighted by atomic mass is 16.3. The van der Waals surface area contributed by atoms with Crippen molar-refractivity contribution in [1.29, 1.82) is 0 Å². The van der Waals surface area contributed by atoms with Gasteiger partial charge in [-0.15, -0.1) is 6.58 Å². The highest BCUT2D eigenvalue weighted by Gasteiger charge is 2.23. The molecule has 2 amide bonds. The molecule has 0 bridgehead atoms. The first kappa shape index (κ1) is 20.2. The second kappa shape index (κ2) is 10.1. The van der Waals surface area contributed by atoms with Gasteiger partial charge in [0.25, 0.3) is 5.91 Å². The maximum Gasteiger partial charge on any atom is 0.290 e. The van der Waals surface area contributed by atoms with Gasteiger partial charge in [0, 0.05) is 13.1 Å². The average molecular weight is 392 g/mol. The Bertz CT molecular complexity index is 902. The van der Waals surface area contributed by atoms with E-state index in [2.05, 4.69) is 6.58 Å². The second-order valence-corrected chi connectivity index (χ2v) is 6.58. The van der Waals surface area contributed by atoms with Crippen molar-refractivity contribution in [1.82, 2.24) is 9.80 Å². The van der Waals surface area contributed by atoms with E-state index in [1.54, 1.807) is 35.4 Å². The molecule has 0 unspecified atom stereocenters. The Hall–Kier alpha value is -3.54. The van der Waals surface area contributed by atoms with Crippen molar-refractivity contribution in [3.63, 3.8) is 0 Å². The van der Waals surface area contributed by atoms with Crippen LogP contribution in [0.1, 0.15) is 21.9 Å². The standard InChI is InChI=1S/C23H24N2O4/c1-2-13-25(23(27)21-11-7-16-29-21)18-22(26)24(17-20-10-6-15-28-20)14-12-19-8-4-3-5-9-19/h2-11,15-16H,1,12-14,17-18H2. The first-order valence-corrected chi connectivity index (χ1v) is 9.45. The largest absolute Gasteiger partial charge is 0.467 e. The molecule has 3 aromatic rings. The van der Waals surface area contributed by atoms with Crippen LogP contribution in [0.5, 0.6) is 0 Å². The van der Waals surface area contributed by atoms with E-state index in [0.717, 1.165) is 5.56 Å². The van der Waals surface area contributed by atoms with Gasteiger partial charge in [-0.2, -0.15) is 0 Å². The summed E-state index contributed by atoms with van der Waals surface area (Å²) in [6.07, 6.45) is 5.32. The molecule has 1 aromatic carbocycles. The van der Waals surface area contributed by atoms with E-state index in [-0.39, 0.29) is 30.7 Å². The van der Waals surface area contributed by atoms with Crippen molar-refractivity contribution in [3.05, 3.63) is 96.9 Å². The molecule has 0 atom stereocenters. The van der Waals surface area contributed by atoms with Gasteiger partial charge in [-0.1, -0.05) is 36.4 Å². The summed E-state index contributed by atoms with van der Waals surface area (Å²) in [4.78, 5) is 28.8. The smallest absolute Gasteiger partial charge is 0.290 e. The molecular weight excluding hydrogens is 368 g/mol. The van der Waals surface area contributed by atoms with Gasteiger partial charge in [0.05, 0.1) is 19.1 Å². The van der Waals surface area contributed by atoms with Crippen molar-refractivity contribution in [2.24, 2.45) is 0 Å². The molecule has 2 heterocycles. The fourth-order valence-corrected chi connectivity index (χ4v) is 2.99. The summed E-state index contributed by atoms with van der Waals surface area (Å²) in [6, 6.07) is 16.8. The lowest BCUT2D eigenvalue weighted by atomic mass is 10.1. The number of carbonyl (C=O) groups is 2. The van der Waals surface area contributed by atoms with Gasteiger partial charge < -0.3 is 18.6 Å². The van der Waals surface area contributed by atoms with E-state index < -0.39 is 0 Å². The summed E-state index contributed by atoms with van der Waals surface area (Å²) in [7, 11) is 0. The Morgan fingerprint density at radius 3 is 2.34 bits per heavy atom. The van der Waals surface area contributed by atoms with Crippen LogP contribution in [0.25, 0.3) is 0 Å². The third kappa shape index (κ3) is 5.72. The molecule has 6 nitrogen and oxygen atoms in total. The number of hydrogen-bond donors (Lipinski definition) is 0. The topological polar surface area (TPSA) is 66.9 Å². The van der Waals surface area contributed by atoms with Crippen LogP contribution >= 0.6 is 0 Å². The minimum atomic E-state index is -0.343. The van der Waals surface area contributed by atoms with Gasteiger partial charge in [0.15, 0.2) is 5.76 Å². The van der Waals surface area contributed by atoms with Gasteiger partial charge >= 0.3 is 0 Å². The predicted molar refractivity (Wildman–Crippen MR) is 109 cm³/mol. The molecule has 150 valence electrons. The Balaban J connectivity index is 1.71. The summed E-state index contributed by atoms with van der Waals surface area (Å²) in [6.45, 7) is 4.73. The fourth-order valence-electron chi connectivity index (χ4n) is 2.99. The molecule has 0 radical (unpaired) electrons. The van der Waals surface area contributed by atoms with Gasteiger partial charge in [-0.25, -0.2) is 0 Å². The Labute approximate surface area is 170 Å². The molecule has 29 heavy (non-hydrogen) atoms. The molecule has 6 heteroatoms. The van der Waals surface area contributed by atoms with E-state index in [4.69, 9.17) is 8.83 Å². The van der Waals surface area contributed by atoms with Crippen molar-refractivity contribution >= 4 is 11.8 Å². The molecule has 0 spiro atoms. The summed E-state index contributed by atoms with van der Waals surface area (Å²) >= 11 is 0. The number of furan rings is 2. The van der Waals surface area contributed by atoms with E-state index in [9.17, 15) is 9.59 Å². The van der Waals surface area contributed by atoms with Gasteiger partial charge in [-0.05, 0) is 36.2 Å². The van der Waals surface area contributed by atoms with Crippen molar-refractivity contribution in [2.45, 2.75) is 13.0 Å². The molecule has 0 aliphatic rings. The lowest BCUT2D eigenvalue weighted by molar-refractivity contribution is -0.132. The summed E-state index contributed by atoms with van der Waals surface area (Å²) in [5.74, 6) is 0.379. The lowest BCUT2D eigenvalue weighted by Gasteiger charge is -2.26. The number of carbonyl (C=O) groups excluding carboxylic acids is 2. The highest BCUT2D eigenvalue weighted by Crippen LogP contribution is 2.11. The summed E-state index contributed by atoms with van der Waals surface area (Å²) < 4.78 is 10.6. The Morgan fingerprint density at radius 1 is 0.931 bits per heavy atom. The van der Waals surface area contributed by atoms with Gasteiger partial charge in [-0.3, -0.25) is 9.59 Å². The maximum absolute atomic E-state index is 13.1. The summed E-state index contributed by atoms with van der Waals surface area (Å²) in [5, 5.41) is 0. The SMILES string of the molecule is C=CCN(CC(=O)N(CCc1ccccc1)Cc1ccco1)C(=O)c1ccco1. The molecule has 0 fully saturated rings. The zero-order valence-corrected chi connectivity index (χ0v) is 16.2. The van der Waals surface area contributed by atoms with Gasteiger partial charge in [0.2, 0.25) is 5.91 Å². The Kier molecular flexibility index (Phi) is 7.05. The van der Waals surface area contributed by atoms with E-state index in [0.29, 0.717) is 25.3 Å².